The number of piperidine rings is 1. The van der Waals surface area contributed by atoms with Gasteiger partial charge in [0.15, 0.2) is 0 Å². The van der Waals surface area contributed by atoms with Gasteiger partial charge >= 0.3 is 0 Å². The Morgan fingerprint density at radius 1 is 1.05 bits per heavy atom. The van der Waals surface area contributed by atoms with Gasteiger partial charge in [-0.2, -0.15) is 0 Å². The van der Waals surface area contributed by atoms with Gasteiger partial charge in [0, 0.05) is 30.7 Å². The molecule has 2 aliphatic rings. The number of likely N-dealkylation sites (tertiary alicyclic amines) is 1. The van der Waals surface area contributed by atoms with Crippen molar-refractivity contribution in [3.05, 3.63) is 30.3 Å². The molecule has 0 atom stereocenters. The van der Waals surface area contributed by atoms with Gasteiger partial charge < -0.3 is 15.5 Å². The molecule has 3 rings (SSSR count). The molecule has 1 aromatic rings. The van der Waals surface area contributed by atoms with Gasteiger partial charge in [-0.1, -0.05) is 18.2 Å². The molecule has 2 fully saturated rings. The van der Waals surface area contributed by atoms with Crippen LogP contribution in [-0.2, 0) is 9.59 Å². The van der Waals surface area contributed by atoms with Crippen LogP contribution in [0.4, 0.5) is 5.69 Å². The maximum atomic E-state index is 12.2. The molecule has 5 heteroatoms. The van der Waals surface area contributed by atoms with Gasteiger partial charge in [0.05, 0.1) is 6.54 Å². The van der Waals surface area contributed by atoms with E-state index in [2.05, 4.69) is 10.6 Å². The number of hydrogen-bond donors (Lipinski definition) is 2. The van der Waals surface area contributed by atoms with Crippen molar-refractivity contribution in [1.82, 2.24) is 10.2 Å². The third-order valence-corrected chi connectivity index (χ3v) is 4.36. The molecule has 1 aliphatic heterocycles. The highest BCUT2D eigenvalue weighted by Crippen LogP contribution is 2.22. The van der Waals surface area contributed by atoms with Crippen molar-refractivity contribution in [2.45, 2.75) is 31.7 Å². The van der Waals surface area contributed by atoms with Crippen LogP contribution in [0.1, 0.15) is 25.7 Å². The van der Waals surface area contributed by atoms with E-state index in [0.717, 1.165) is 31.4 Å². The van der Waals surface area contributed by atoms with Gasteiger partial charge in [-0.15, -0.1) is 0 Å². The van der Waals surface area contributed by atoms with E-state index in [1.54, 1.807) is 0 Å². The molecule has 2 amide bonds. The maximum absolute atomic E-state index is 12.2. The average molecular weight is 301 g/mol. The molecule has 5 nitrogen and oxygen atoms in total. The van der Waals surface area contributed by atoms with Crippen molar-refractivity contribution in [2.24, 2.45) is 5.92 Å². The second-order valence-corrected chi connectivity index (χ2v) is 6.16. The fourth-order valence-electron chi connectivity index (χ4n) is 2.78. The second kappa shape index (κ2) is 6.81. The van der Waals surface area contributed by atoms with Crippen LogP contribution in [0, 0.1) is 5.92 Å². The number of rotatable bonds is 5. The number of carbonyl (C=O) groups is 2. The molecule has 2 N–H and O–H groups in total. The fourth-order valence-corrected chi connectivity index (χ4v) is 2.78. The number of para-hydroxylation sites is 1. The third kappa shape index (κ3) is 4.00. The molecule has 0 bridgehead atoms. The van der Waals surface area contributed by atoms with E-state index in [1.165, 1.54) is 0 Å². The summed E-state index contributed by atoms with van der Waals surface area (Å²) in [5.74, 6) is 0.355. The molecule has 118 valence electrons. The molecular weight excluding hydrogens is 278 g/mol. The predicted molar refractivity (Wildman–Crippen MR) is 85.4 cm³/mol. The van der Waals surface area contributed by atoms with Crippen molar-refractivity contribution in [3.63, 3.8) is 0 Å². The zero-order valence-electron chi connectivity index (χ0n) is 12.8. The Balaban J connectivity index is 1.40. The Hall–Kier alpha value is -2.04. The van der Waals surface area contributed by atoms with Crippen LogP contribution >= 0.6 is 0 Å². The topological polar surface area (TPSA) is 61.4 Å². The summed E-state index contributed by atoms with van der Waals surface area (Å²) >= 11 is 0. The van der Waals surface area contributed by atoms with Crippen molar-refractivity contribution in [2.75, 3.05) is 25.0 Å². The summed E-state index contributed by atoms with van der Waals surface area (Å²) < 4.78 is 0. The third-order valence-electron chi connectivity index (χ3n) is 4.36. The number of nitrogens with zero attached hydrogens (tertiary/aromatic N) is 1. The molecule has 0 aromatic heterocycles. The Morgan fingerprint density at radius 3 is 2.36 bits per heavy atom. The number of benzene rings is 1. The van der Waals surface area contributed by atoms with Gasteiger partial charge in [0.25, 0.3) is 0 Å². The minimum atomic E-state index is 0.0757. The second-order valence-electron chi connectivity index (χ2n) is 6.16. The van der Waals surface area contributed by atoms with Gasteiger partial charge in [-0.3, -0.25) is 9.59 Å². The number of carbonyl (C=O) groups excluding carboxylic acids is 2. The number of anilines is 1. The van der Waals surface area contributed by atoms with Gasteiger partial charge in [-0.05, 0) is 37.8 Å². The first kappa shape index (κ1) is 14.9. The monoisotopic (exact) mass is 301 g/mol. The van der Waals surface area contributed by atoms with Gasteiger partial charge in [-0.25, -0.2) is 0 Å². The molecule has 0 radical (unpaired) electrons. The fraction of sp³-hybridized carbons (Fsp3) is 0.529. The summed E-state index contributed by atoms with van der Waals surface area (Å²) in [4.78, 5) is 26.1. The van der Waals surface area contributed by atoms with Crippen LogP contribution in [0.5, 0.6) is 0 Å². The Kier molecular flexibility index (Phi) is 4.61. The van der Waals surface area contributed by atoms with Crippen molar-refractivity contribution in [3.8, 4) is 0 Å². The largest absolute Gasteiger partial charge is 0.376 e. The minimum absolute atomic E-state index is 0.0757. The van der Waals surface area contributed by atoms with Crippen LogP contribution in [0.2, 0.25) is 0 Å². The standard InChI is InChI=1S/C17H23N3O2/c21-16(12-18-14-4-2-1-3-5-14)20-10-8-13(9-11-20)17(22)19-15-6-7-15/h1-5,13,15,18H,6-12H2,(H,19,22). The normalized spacial score (nSPS) is 18.8. The first-order chi connectivity index (χ1) is 10.7. The zero-order valence-corrected chi connectivity index (χ0v) is 12.8. The van der Waals surface area contributed by atoms with Crippen molar-refractivity contribution in [1.29, 1.82) is 0 Å². The lowest BCUT2D eigenvalue weighted by Gasteiger charge is -2.31. The lowest BCUT2D eigenvalue weighted by Crippen LogP contribution is -2.45. The van der Waals surface area contributed by atoms with Crippen LogP contribution in [0.3, 0.4) is 0 Å². The van der Waals surface area contributed by atoms with Crippen LogP contribution < -0.4 is 10.6 Å². The zero-order chi connectivity index (χ0) is 15.4. The first-order valence-electron chi connectivity index (χ1n) is 8.09. The summed E-state index contributed by atoms with van der Waals surface area (Å²) in [6.07, 6.45) is 3.79. The number of nitrogens with one attached hydrogen (secondary N) is 2. The first-order valence-corrected chi connectivity index (χ1v) is 8.09. The summed E-state index contributed by atoms with van der Waals surface area (Å²) in [6, 6.07) is 10.1. The molecule has 1 aliphatic carbocycles. The molecule has 22 heavy (non-hydrogen) atoms. The summed E-state index contributed by atoms with van der Waals surface area (Å²) in [6.45, 7) is 1.67. The van der Waals surface area contributed by atoms with E-state index < -0.39 is 0 Å². The van der Waals surface area contributed by atoms with E-state index in [-0.39, 0.29) is 17.7 Å². The minimum Gasteiger partial charge on any atom is -0.376 e. The average Bonchev–Trinajstić information content (AvgIpc) is 3.37. The Morgan fingerprint density at radius 2 is 1.73 bits per heavy atom. The molecule has 0 unspecified atom stereocenters. The lowest BCUT2D eigenvalue weighted by atomic mass is 9.96. The van der Waals surface area contributed by atoms with Crippen molar-refractivity contribution < 1.29 is 9.59 Å². The highest BCUT2D eigenvalue weighted by atomic mass is 16.2. The molecule has 1 heterocycles. The molecule has 1 aromatic carbocycles. The van der Waals surface area contributed by atoms with Gasteiger partial charge in [0.1, 0.15) is 0 Å². The number of hydrogen-bond acceptors (Lipinski definition) is 3. The quantitative estimate of drug-likeness (QED) is 0.868. The molecule has 1 saturated heterocycles. The SMILES string of the molecule is O=C(NC1CC1)C1CCN(C(=O)CNc2ccccc2)CC1. The summed E-state index contributed by atoms with van der Waals surface area (Å²) in [5.41, 5.74) is 0.953. The van der Waals surface area contributed by atoms with Crippen LogP contribution in [0.25, 0.3) is 0 Å². The van der Waals surface area contributed by atoms with E-state index in [4.69, 9.17) is 0 Å². The highest BCUT2D eigenvalue weighted by Gasteiger charge is 2.30. The van der Waals surface area contributed by atoms with E-state index in [9.17, 15) is 9.59 Å². The maximum Gasteiger partial charge on any atom is 0.241 e. The van der Waals surface area contributed by atoms with Crippen LogP contribution in [-0.4, -0.2) is 42.4 Å². The Bertz CT molecular complexity index is 520. The van der Waals surface area contributed by atoms with Crippen molar-refractivity contribution >= 4 is 17.5 Å². The lowest BCUT2D eigenvalue weighted by molar-refractivity contribution is -0.134. The number of amides is 2. The van der Waals surface area contributed by atoms with Crippen LogP contribution in [0.15, 0.2) is 30.3 Å². The predicted octanol–water partition coefficient (Wildman–Crippen LogP) is 1.62. The highest BCUT2D eigenvalue weighted by molar-refractivity contribution is 5.82. The smallest absolute Gasteiger partial charge is 0.241 e. The summed E-state index contributed by atoms with van der Waals surface area (Å²) in [5, 5.41) is 6.20. The van der Waals surface area contributed by atoms with E-state index in [1.807, 2.05) is 35.2 Å². The molecular formula is C17H23N3O2. The van der Waals surface area contributed by atoms with Gasteiger partial charge in [0.2, 0.25) is 11.8 Å². The molecule has 0 spiro atoms. The summed E-state index contributed by atoms with van der Waals surface area (Å²) in [7, 11) is 0. The molecule has 1 saturated carbocycles. The Labute approximate surface area is 131 Å². The van der Waals surface area contributed by atoms with E-state index in [0.29, 0.717) is 25.7 Å². The van der Waals surface area contributed by atoms with E-state index >= 15 is 0 Å².